The number of piperidine rings is 1. The molecule has 2 rings (SSSR count). The predicted molar refractivity (Wildman–Crippen MR) is 110 cm³/mol. The van der Waals surface area contributed by atoms with Gasteiger partial charge in [0.1, 0.15) is 0 Å². The quantitative estimate of drug-likeness (QED) is 0.614. The summed E-state index contributed by atoms with van der Waals surface area (Å²) in [7, 11) is 1.80. The zero-order valence-electron chi connectivity index (χ0n) is 17.4. The molecule has 1 fully saturated rings. The van der Waals surface area contributed by atoms with Gasteiger partial charge in [0.2, 0.25) is 0 Å². The van der Waals surface area contributed by atoms with Crippen molar-refractivity contribution in [2.24, 2.45) is 4.99 Å². The van der Waals surface area contributed by atoms with Gasteiger partial charge in [0.15, 0.2) is 5.96 Å². The highest BCUT2D eigenvalue weighted by molar-refractivity contribution is 5.80. The molecule has 0 radical (unpaired) electrons. The van der Waals surface area contributed by atoms with E-state index in [9.17, 15) is 4.79 Å². The topological polar surface area (TPSA) is 66.0 Å². The van der Waals surface area contributed by atoms with Crippen molar-refractivity contribution in [2.75, 3.05) is 33.3 Å². The number of hydrogen-bond acceptors (Lipinski definition) is 3. The lowest BCUT2D eigenvalue weighted by atomic mass is 9.97. The van der Waals surface area contributed by atoms with E-state index in [1.165, 1.54) is 22.3 Å². The van der Waals surface area contributed by atoms with E-state index in [4.69, 9.17) is 4.74 Å². The van der Waals surface area contributed by atoms with E-state index in [2.05, 4.69) is 48.5 Å². The molecule has 1 amide bonds. The Morgan fingerprint density at radius 1 is 1.22 bits per heavy atom. The van der Waals surface area contributed by atoms with Gasteiger partial charge >= 0.3 is 6.09 Å². The Morgan fingerprint density at radius 2 is 1.85 bits per heavy atom. The number of carbonyl (C=O) groups excluding carboxylic acids is 1. The Kier molecular flexibility index (Phi) is 7.95. The Bertz CT molecular complexity index is 641. The van der Waals surface area contributed by atoms with Gasteiger partial charge in [0, 0.05) is 32.7 Å². The number of nitrogens with one attached hydrogen (secondary N) is 2. The molecule has 1 heterocycles. The molecule has 27 heavy (non-hydrogen) atoms. The van der Waals surface area contributed by atoms with Gasteiger partial charge in [-0.05, 0) is 63.6 Å². The molecule has 1 saturated heterocycles. The van der Waals surface area contributed by atoms with Gasteiger partial charge in [0.05, 0.1) is 6.61 Å². The molecule has 0 aromatic heterocycles. The largest absolute Gasteiger partial charge is 0.450 e. The predicted octanol–water partition coefficient (Wildman–Crippen LogP) is 2.94. The minimum absolute atomic E-state index is 0.206. The Labute approximate surface area is 163 Å². The summed E-state index contributed by atoms with van der Waals surface area (Å²) < 4.78 is 5.07. The van der Waals surface area contributed by atoms with Crippen LogP contribution in [0.15, 0.2) is 17.1 Å². The van der Waals surface area contributed by atoms with Crippen LogP contribution in [0.3, 0.4) is 0 Å². The summed E-state index contributed by atoms with van der Waals surface area (Å²) >= 11 is 0. The lowest BCUT2D eigenvalue weighted by Crippen LogP contribution is -2.50. The third-order valence-corrected chi connectivity index (χ3v) is 5.09. The first-order chi connectivity index (χ1) is 12.9. The highest BCUT2D eigenvalue weighted by Gasteiger charge is 2.24. The van der Waals surface area contributed by atoms with Crippen LogP contribution in [-0.4, -0.2) is 56.3 Å². The summed E-state index contributed by atoms with van der Waals surface area (Å²) in [5.74, 6) is 0.826. The molecule has 2 N–H and O–H groups in total. The van der Waals surface area contributed by atoms with Crippen LogP contribution in [0.4, 0.5) is 4.79 Å². The molecule has 0 unspecified atom stereocenters. The fraction of sp³-hybridized carbons (Fsp3) is 0.619. The summed E-state index contributed by atoms with van der Waals surface area (Å²) in [6.45, 7) is 11.0. The fourth-order valence-electron chi connectivity index (χ4n) is 3.72. The molecular weight excluding hydrogens is 340 g/mol. The lowest BCUT2D eigenvalue weighted by molar-refractivity contribution is 0.0963. The minimum Gasteiger partial charge on any atom is -0.450 e. The molecule has 0 spiro atoms. The number of nitrogens with zero attached hydrogens (tertiary/aromatic N) is 2. The number of amides is 1. The highest BCUT2D eigenvalue weighted by atomic mass is 16.6. The van der Waals surface area contributed by atoms with E-state index in [0.29, 0.717) is 12.6 Å². The number of benzene rings is 1. The molecule has 0 aliphatic carbocycles. The molecule has 6 heteroatoms. The molecule has 0 saturated carbocycles. The summed E-state index contributed by atoms with van der Waals surface area (Å²) in [4.78, 5) is 17.9. The highest BCUT2D eigenvalue weighted by Crippen LogP contribution is 2.16. The Morgan fingerprint density at radius 3 is 2.41 bits per heavy atom. The first kappa shape index (κ1) is 21.1. The molecule has 1 aromatic rings. The molecule has 1 aliphatic rings. The summed E-state index contributed by atoms with van der Waals surface area (Å²) in [5.41, 5.74) is 5.42. The molecule has 0 atom stereocenters. The third-order valence-electron chi connectivity index (χ3n) is 5.09. The Hall–Kier alpha value is -2.24. The number of rotatable bonds is 5. The van der Waals surface area contributed by atoms with Crippen molar-refractivity contribution in [1.82, 2.24) is 15.5 Å². The SMILES string of the molecule is CCOC(=O)N1CCC(NC(=NC)NCCc2c(C)cc(C)cc2C)CC1. The second kappa shape index (κ2) is 10.2. The average molecular weight is 375 g/mol. The van der Waals surface area contributed by atoms with Crippen LogP contribution in [0.5, 0.6) is 0 Å². The summed E-state index contributed by atoms with van der Waals surface area (Å²) in [5, 5.41) is 6.90. The van der Waals surface area contributed by atoms with Crippen LogP contribution in [0.1, 0.15) is 42.0 Å². The van der Waals surface area contributed by atoms with Crippen molar-refractivity contribution in [3.8, 4) is 0 Å². The number of carbonyl (C=O) groups is 1. The monoisotopic (exact) mass is 374 g/mol. The van der Waals surface area contributed by atoms with Gasteiger partial charge in [-0.2, -0.15) is 0 Å². The molecular formula is C21H34N4O2. The van der Waals surface area contributed by atoms with Gasteiger partial charge < -0.3 is 20.3 Å². The average Bonchev–Trinajstić information content (AvgIpc) is 2.63. The maximum Gasteiger partial charge on any atom is 0.409 e. The van der Waals surface area contributed by atoms with Gasteiger partial charge in [-0.3, -0.25) is 4.99 Å². The first-order valence-electron chi connectivity index (χ1n) is 9.90. The molecule has 150 valence electrons. The van der Waals surface area contributed by atoms with Crippen molar-refractivity contribution < 1.29 is 9.53 Å². The third kappa shape index (κ3) is 6.15. The van der Waals surface area contributed by atoms with Crippen LogP contribution in [-0.2, 0) is 11.2 Å². The van der Waals surface area contributed by atoms with Crippen molar-refractivity contribution in [3.05, 3.63) is 34.4 Å². The minimum atomic E-state index is -0.206. The number of likely N-dealkylation sites (tertiary alicyclic amines) is 1. The van der Waals surface area contributed by atoms with E-state index in [1.54, 1.807) is 11.9 Å². The summed E-state index contributed by atoms with van der Waals surface area (Å²) in [6, 6.07) is 4.81. The normalized spacial score (nSPS) is 15.6. The fourth-order valence-corrected chi connectivity index (χ4v) is 3.72. The molecule has 0 bridgehead atoms. The maximum atomic E-state index is 11.8. The van der Waals surface area contributed by atoms with E-state index in [1.807, 2.05) is 6.92 Å². The van der Waals surface area contributed by atoms with Crippen LogP contribution in [0.25, 0.3) is 0 Å². The van der Waals surface area contributed by atoms with Crippen molar-refractivity contribution in [2.45, 2.75) is 53.0 Å². The van der Waals surface area contributed by atoms with Crippen molar-refractivity contribution in [3.63, 3.8) is 0 Å². The smallest absolute Gasteiger partial charge is 0.409 e. The van der Waals surface area contributed by atoms with Gasteiger partial charge in [0.25, 0.3) is 0 Å². The van der Waals surface area contributed by atoms with E-state index < -0.39 is 0 Å². The number of hydrogen-bond donors (Lipinski definition) is 2. The molecule has 6 nitrogen and oxygen atoms in total. The van der Waals surface area contributed by atoms with Crippen molar-refractivity contribution in [1.29, 1.82) is 0 Å². The second-order valence-electron chi connectivity index (χ2n) is 7.23. The number of ether oxygens (including phenoxy) is 1. The van der Waals surface area contributed by atoms with Crippen LogP contribution < -0.4 is 10.6 Å². The zero-order chi connectivity index (χ0) is 19.8. The van der Waals surface area contributed by atoms with Gasteiger partial charge in [-0.15, -0.1) is 0 Å². The number of aryl methyl sites for hydroxylation is 3. The van der Waals surface area contributed by atoms with Crippen LogP contribution >= 0.6 is 0 Å². The lowest BCUT2D eigenvalue weighted by Gasteiger charge is -2.32. The maximum absolute atomic E-state index is 11.8. The molecule has 1 aromatic carbocycles. The number of guanidine groups is 1. The van der Waals surface area contributed by atoms with E-state index in [0.717, 1.165) is 44.9 Å². The van der Waals surface area contributed by atoms with Gasteiger partial charge in [-0.25, -0.2) is 4.79 Å². The van der Waals surface area contributed by atoms with Crippen LogP contribution in [0, 0.1) is 20.8 Å². The second-order valence-corrected chi connectivity index (χ2v) is 7.23. The zero-order valence-corrected chi connectivity index (χ0v) is 17.4. The van der Waals surface area contributed by atoms with E-state index in [-0.39, 0.29) is 6.09 Å². The summed E-state index contributed by atoms with van der Waals surface area (Å²) in [6.07, 6.45) is 2.56. The molecule has 1 aliphatic heterocycles. The van der Waals surface area contributed by atoms with E-state index >= 15 is 0 Å². The van der Waals surface area contributed by atoms with Crippen LogP contribution in [0.2, 0.25) is 0 Å². The first-order valence-corrected chi connectivity index (χ1v) is 9.90. The number of aliphatic imine (C=N–C) groups is 1. The Balaban J connectivity index is 1.78. The standard InChI is InChI=1S/C21H34N4O2/c1-6-27-21(26)25-11-8-18(9-12-25)24-20(22-5)23-10-7-19-16(3)13-15(2)14-17(19)4/h13-14,18H,6-12H2,1-5H3,(H2,22,23,24). The van der Waals surface area contributed by atoms with Gasteiger partial charge in [-0.1, -0.05) is 17.7 Å². The van der Waals surface area contributed by atoms with Crippen molar-refractivity contribution >= 4 is 12.1 Å².